The lowest BCUT2D eigenvalue weighted by atomic mass is 9.68. The van der Waals surface area contributed by atoms with Crippen LogP contribution in [-0.2, 0) is 0 Å². The summed E-state index contributed by atoms with van der Waals surface area (Å²) in [5.74, 6) is 5.00. The first kappa shape index (κ1) is 85.8. The maximum Gasteiger partial charge on any atom is 0.00412 e. The molecule has 6 heteroatoms. The topological polar surface area (TPSA) is 19.4 Å². The summed E-state index contributed by atoms with van der Waals surface area (Å²) < 4.78 is 0. The van der Waals surface area contributed by atoms with E-state index < -0.39 is 0 Å². The molecule has 12 fully saturated rings. The van der Waals surface area contributed by atoms with E-state index in [2.05, 4.69) is 237 Å². The minimum atomic E-state index is 0.771. The van der Waals surface area contributed by atoms with Crippen LogP contribution in [-0.4, -0.2) is 144 Å². The van der Waals surface area contributed by atoms with Gasteiger partial charge < -0.3 is 29.4 Å². The molecule has 0 bridgehead atoms. The Morgan fingerprint density at radius 1 is 0.159 bits per heavy atom. The summed E-state index contributed by atoms with van der Waals surface area (Å²) >= 11 is 0. The third-order valence-corrected chi connectivity index (χ3v) is 20.3. The van der Waals surface area contributed by atoms with Crippen LogP contribution in [0.3, 0.4) is 0 Å². The molecule has 12 rings (SSSR count). The van der Waals surface area contributed by atoms with Crippen molar-refractivity contribution in [2.45, 2.75) is 385 Å². The van der Waals surface area contributed by atoms with Crippen molar-refractivity contribution in [2.24, 2.45) is 68.0 Å². The summed E-state index contributed by atoms with van der Waals surface area (Å²) in [5.41, 5.74) is 4.86. The SMILES string of the molecule is CC(C)C.CC(C)C.CC(C)C.CC(C)C.CC(C)C.CC(C)C.CC(C)N1CCC2(CC2)C1.CC(C)N1CCC2(CC2)C1.CC(C)N1CCC2(CCC2)C1.CC(C)N1CCC2(CCC2)C1.CC(C)N1CCCC2(CC2)C1.CC(C)N1CCCC2(CC2)C1. The Labute approximate surface area is 558 Å². The summed E-state index contributed by atoms with van der Waals surface area (Å²) in [4.78, 5) is 15.8. The molecule has 6 nitrogen and oxygen atoms in total. The van der Waals surface area contributed by atoms with Crippen LogP contribution in [0.25, 0.3) is 0 Å². The summed E-state index contributed by atoms with van der Waals surface area (Å²) in [7, 11) is 0. The molecule has 88 heavy (non-hydrogen) atoms. The highest BCUT2D eigenvalue weighted by Crippen LogP contribution is 2.55. The smallest absolute Gasteiger partial charge is 0.00412 e. The average Bonchev–Trinajstić information content (AvgIpc) is 2.10. The van der Waals surface area contributed by atoms with Gasteiger partial charge in [-0.05, 0) is 319 Å². The average molecular weight is 1240 g/mol. The van der Waals surface area contributed by atoms with Crippen molar-refractivity contribution in [1.29, 1.82) is 0 Å². The van der Waals surface area contributed by atoms with E-state index in [0.29, 0.717) is 0 Å². The summed E-state index contributed by atoms with van der Waals surface area (Å²) in [6, 6.07) is 4.64. The highest BCUT2D eigenvalue weighted by molar-refractivity contribution is 5.03. The van der Waals surface area contributed by atoms with Gasteiger partial charge in [0.25, 0.3) is 0 Å². The molecule has 0 aromatic heterocycles. The van der Waals surface area contributed by atoms with Crippen molar-refractivity contribution in [2.75, 3.05) is 78.5 Å². The van der Waals surface area contributed by atoms with Gasteiger partial charge in [0, 0.05) is 75.5 Å². The third kappa shape index (κ3) is 37.7. The van der Waals surface area contributed by atoms with Crippen LogP contribution in [0.15, 0.2) is 0 Å². The van der Waals surface area contributed by atoms with Crippen LogP contribution in [0.2, 0.25) is 0 Å². The number of rotatable bonds is 6. The van der Waals surface area contributed by atoms with Gasteiger partial charge in [0.05, 0.1) is 0 Å². The zero-order valence-corrected chi connectivity index (χ0v) is 66.7. The number of nitrogens with zero attached hydrogens (tertiary/aromatic N) is 6. The van der Waals surface area contributed by atoms with Gasteiger partial charge in [-0.2, -0.15) is 0 Å². The van der Waals surface area contributed by atoms with Crippen LogP contribution >= 0.6 is 0 Å². The quantitative estimate of drug-likeness (QED) is 0.262. The van der Waals surface area contributed by atoms with Gasteiger partial charge in [-0.25, -0.2) is 0 Å². The van der Waals surface area contributed by atoms with Crippen molar-refractivity contribution in [1.82, 2.24) is 29.4 Å². The lowest BCUT2D eigenvalue weighted by Crippen LogP contribution is -2.40. The molecule has 0 N–H and O–H groups in total. The second kappa shape index (κ2) is 41.7. The van der Waals surface area contributed by atoms with E-state index in [-0.39, 0.29) is 0 Å². The first-order valence-electron chi connectivity index (χ1n) is 39.1. The normalized spacial score (nSPS) is 24.2. The molecular weight excluding hydrogens is 1070 g/mol. The molecule has 6 aliphatic carbocycles. The molecule has 0 atom stereocenters. The molecule has 12 aliphatic rings. The van der Waals surface area contributed by atoms with Gasteiger partial charge in [0.1, 0.15) is 0 Å². The lowest BCUT2D eigenvalue weighted by molar-refractivity contribution is 0.128. The van der Waals surface area contributed by atoms with E-state index in [0.717, 1.165) is 104 Å². The van der Waals surface area contributed by atoms with Gasteiger partial charge in [-0.1, -0.05) is 137 Å². The molecule has 6 saturated carbocycles. The Bertz CT molecular complexity index is 1530. The molecule has 0 aromatic carbocycles. The summed E-state index contributed by atoms with van der Waals surface area (Å²) in [6.45, 7) is 83.3. The minimum absolute atomic E-state index is 0.771. The van der Waals surface area contributed by atoms with Crippen molar-refractivity contribution in [3.05, 3.63) is 0 Å². The highest BCUT2D eigenvalue weighted by Gasteiger charge is 2.50. The molecular formula is C82H170N6. The Kier molecular flexibility index (Phi) is 40.6. The molecule has 6 saturated heterocycles. The predicted molar refractivity (Wildman–Crippen MR) is 399 cm³/mol. The zero-order chi connectivity index (χ0) is 67.4. The molecule has 6 heterocycles. The molecule has 0 unspecified atom stereocenters. The fourth-order valence-electron chi connectivity index (χ4n) is 13.5. The lowest BCUT2D eigenvalue weighted by Gasteiger charge is -2.38. The van der Waals surface area contributed by atoms with E-state index in [4.69, 9.17) is 0 Å². The van der Waals surface area contributed by atoms with E-state index >= 15 is 0 Å². The van der Waals surface area contributed by atoms with E-state index in [1.165, 1.54) is 220 Å². The van der Waals surface area contributed by atoms with Crippen molar-refractivity contribution < 1.29 is 0 Å². The Morgan fingerprint density at radius 2 is 0.284 bits per heavy atom. The van der Waals surface area contributed by atoms with E-state index in [1.54, 1.807) is 0 Å². The van der Waals surface area contributed by atoms with E-state index in [9.17, 15) is 0 Å². The Hall–Kier alpha value is -0.240. The van der Waals surface area contributed by atoms with Crippen LogP contribution in [0.1, 0.15) is 349 Å². The van der Waals surface area contributed by atoms with Gasteiger partial charge in [0.15, 0.2) is 0 Å². The fraction of sp³-hybridized carbons (Fsp3) is 1.00. The maximum atomic E-state index is 2.65. The predicted octanol–water partition coefficient (Wildman–Crippen LogP) is 22.8. The van der Waals surface area contributed by atoms with Gasteiger partial charge in [-0.3, -0.25) is 0 Å². The van der Waals surface area contributed by atoms with Crippen LogP contribution < -0.4 is 0 Å². The van der Waals surface area contributed by atoms with Gasteiger partial charge in [-0.15, -0.1) is 0 Å². The van der Waals surface area contributed by atoms with Crippen molar-refractivity contribution in [3.63, 3.8) is 0 Å². The molecule has 528 valence electrons. The number of hydrogen-bond acceptors (Lipinski definition) is 6. The molecule has 6 spiro atoms. The molecule has 6 aliphatic heterocycles. The van der Waals surface area contributed by atoms with Crippen LogP contribution in [0, 0.1) is 68.0 Å². The molecule has 0 amide bonds. The van der Waals surface area contributed by atoms with Gasteiger partial charge in [0.2, 0.25) is 0 Å². The molecule has 0 radical (unpaired) electrons. The number of piperidine rings is 2. The zero-order valence-electron chi connectivity index (χ0n) is 66.7. The van der Waals surface area contributed by atoms with Crippen molar-refractivity contribution >= 4 is 0 Å². The number of hydrogen-bond donors (Lipinski definition) is 0. The van der Waals surface area contributed by atoms with Crippen LogP contribution in [0.5, 0.6) is 0 Å². The van der Waals surface area contributed by atoms with Crippen LogP contribution in [0.4, 0.5) is 0 Å². The second-order valence-corrected chi connectivity index (χ2v) is 37.7. The second-order valence-electron chi connectivity index (χ2n) is 37.7. The maximum absolute atomic E-state index is 2.65. The Balaban J connectivity index is 0.000000493. The standard InChI is InChI=1S/4C10H19N.2C9H17N.6C4H10/c2*1-9(2)11-7-3-4-10(8-11)5-6-10;2*1-9(2)11-7-6-10(8-11)4-3-5-10;2*1-8(2)10-6-5-9(7-10)3-4-9;6*1-4(2)3/h4*9H,3-8H2,1-2H3;2*8H,3-7H2,1-2H3;6*4H,1-3H3. The van der Waals surface area contributed by atoms with E-state index in [1.807, 2.05) is 0 Å². The summed E-state index contributed by atoms with van der Waals surface area (Å²) in [6.07, 6.45) is 32.9. The fourth-order valence-corrected chi connectivity index (χ4v) is 13.5. The highest BCUT2D eigenvalue weighted by atomic mass is 15.2. The van der Waals surface area contributed by atoms with Gasteiger partial charge >= 0.3 is 0 Å². The third-order valence-electron chi connectivity index (χ3n) is 20.3. The largest absolute Gasteiger partial charge is 0.300 e. The van der Waals surface area contributed by atoms with Crippen molar-refractivity contribution in [3.8, 4) is 0 Å². The number of likely N-dealkylation sites (tertiary alicyclic amines) is 6. The molecule has 0 aromatic rings. The monoisotopic (exact) mass is 1240 g/mol. The Morgan fingerprint density at radius 3 is 0.386 bits per heavy atom. The summed E-state index contributed by atoms with van der Waals surface area (Å²) in [5, 5.41) is 0. The first-order valence-corrected chi connectivity index (χ1v) is 39.1. The minimum Gasteiger partial charge on any atom is -0.300 e. The first-order chi connectivity index (χ1) is 40.7.